The molecule has 6 rings (SSSR count). The molecule has 34 heavy (non-hydrogen) atoms. The number of amides is 1. The highest BCUT2D eigenvalue weighted by Crippen LogP contribution is 2.57. The molecule has 0 saturated carbocycles. The van der Waals surface area contributed by atoms with Crippen molar-refractivity contribution in [1.29, 1.82) is 5.26 Å². The molecule has 0 saturated heterocycles. The van der Waals surface area contributed by atoms with Crippen LogP contribution in [-0.2, 0) is 15.0 Å². The molecule has 0 bridgehead atoms. The Hall–Kier alpha value is -4.37. The summed E-state index contributed by atoms with van der Waals surface area (Å²) in [5, 5.41) is 10.7. The average Bonchev–Trinajstić information content (AvgIpc) is 3.48. The topological polar surface area (TPSA) is 69.3 Å². The summed E-state index contributed by atoms with van der Waals surface area (Å²) in [6.45, 7) is 0. The second-order valence-electron chi connectivity index (χ2n) is 8.80. The molecule has 2 aromatic carbocycles. The van der Waals surface area contributed by atoms with Crippen molar-refractivity contribution in [2.45, 2.75) is 24.7 Å². The van der Waals surface area contributed by atoms with E-state index in [0.717, 1.165) is 17.1 Å². The third-order valence-electron chi connectivity index (χ3n) is 7.11. The number of rotatable bonds is 2. The van der Waals surface area contributed by atoms with Crippen LogP contribution < -0.4 is 9.80 Å². The van der Waals surface area contributed by atoms with E-state index in [9.17, 15) is 14.9 Å². The highest BCUT2D eigenvalue weighted by Gasteiger charge is 2.62. The van der Waals surface area contributed by atoms with Crippen LogP contribution in [0, 0.1) is 11.3 Å². The van der Waals surface area contributed by atoms with Crippen LogP contribution in [0.25, 0.3) is 5.82 Å². The highest BCUT2D eigenvalue weighted by molar-refractivity contribution is 6.21. The summed E-state index contributed by atoms with van der Waals surface area (Å²) in [6.07, 6.45) is 5.45. The number of allylic oxidation sites excluding steroid dienone is 1. The molecule has 0 fully saturated rings. The Labute approximate surface area is 197 Å². The highest BCUT2D eigenvalue weighted by atomic mass is 16.2. The van der Waals surface area contributed by atoms with E-state index in [2.05, 4.69) is 6.07 Å². The van der Waals surface area contributed by atoms with E-state index in [1.807, 2.05) is 88.6 Å². The van der Waals surface area contributed by atoms with Gasteiger partial charge in [-0.25, -0.2) is 0 Å². The first-order valence-corrected chi connectivity index (χ1v) is 11.4. The number of nitrogens with zero attached hydrogens (tertiary/aromatic N) is 4. The second kappa shape index (κ2) is 7.32. The van der Waals surface area contributed by atoms with E-state index in [0.29, 0.717) is 36.2 Å². The second-order valence-corrected chi connectivity index (χ2v) is 8.80. The monoisotopic (exact) mass is 446 g/mol. The number of Topliss-reactive ketones (excluding diaryl/α,β-unsaturated/α-hetero) is 1. The van der Waals surface area contributed by atoms with Crippen molar-refractivity contribution >= 4 is 28.9 Å². The normalized spacial score (nSPS) is 21.8. The molecular formula is C28H22N4O2. The summed E-state index contributed by atoms with van der Waals surface area (Å²) in [6, 6.07) is 23.4. The SMILES string of the molecule is CN1C(=O)[C@@]2(C(C#N)=C(n3cccc3)N(c3ccccc3)C3=C2C(=O)CCC3)c2ccccc21. The van der Waals surface area contributed by atoms with Gasteiger partial charge in [-0.2, -0.15) is 5.26 Å². The average molecular weight is 447 g/mol. The number of hydrogen-bond donors (Lipinski definition) is 0. The van der Waals surface area contributed by atoms with Crippen molar-refractivity contribution in [1.82, 2.24) is 4.57 Å². The summed E-state index contributed by atoms with van der Waals surface area (Å²) >= 11 is 0. The van der Waals surface area contributed by atoms with Gasteiger partial charge in [0.1, 0.15) is 17.3 Å². The molecule has 3 heterocycles. The molecule has 2 aliphatic heterocycles. The van der Waals surface area contributed by atoms with Crippen molar-refractivity contribution in [2.24, 2.45) is 0 Å². The van der Waals surface area contributed by atoms with E-state index >= 15 is 0 Å². The van der Waals surface area contributed by atoms with E-state index in [-0.39, 0.29) is 17.3 Å². The van der Waals surface area contributed by atoms with Crippen LogP contribution >= 0.6 is 0 Å². The molecule has 1 amide bonds. The van der Waals surface area contributed by atoms with Crippen LogP contribution in [0.4, 0.5) is 11.4 Å². The predicted molar refractivity (Wildman–Crippen MR) is 130 cm³/mol. The number of benzene rings is 2. The van der Waals surface area contributed by atoms with Gasteiger partial charge < -0.3 is 9.47 Å². The number of fused-ring (bicyclic) bond motifs is 3. The van der Waals surface area contributed by atoms with Gasteiger partial charge in [0.25, 0.3) is 0 Å². The molecule has 6 heteroatoms. The number of likely N-dealkylation sites (N-methyl/N-ethyl adjacent to an activating group) is 1. The molecule has 0 N–H and O–H groups in total. The minimum atomic E-state index is -1.46. The standard InChI is InChI=1S/C28H22N4O2/c1-30-22-13-6-5-12-20(22)28(27(30)34)21(18-29)26(31-16-7-8-17-31)32(19-10-3-2-4-11-19)23-14-9-15-24(33)25(23)28/h2-8,10-13,16-17H,9,14-15H2,1H3/t28-/m1/s1. The number of anilines is 2. The van der Waals surface area contributed by atoms with Gasteiger partial charge in [0.05, 0.1) is 5.57 Å². The lowest BCUT2D eigenvalue weighted by Gasteiger charge is -2.45. The number of nitriles is 1. The van der Waals surface area contributed by atoms with Gasteiger partial charge in [-0.05, 0) is 43.2 Å². The zero-order chi connectivity index (χ0) is 23.4. The maximum Gasteiger partial charge on any atom is 0.247 e. The minimum absolute atomic E-state index is 0.0695. The van der Waals surface area contributed by atoms with Crippen molar-refractivity contribution in [3.05, 3.63) is 102 Å². The smallest absolute Gasteiger partial charge is 0.247 e. The zero-order valence-electron chi connectivity index (χ0n) is 18.7. The number of aromatic nitrogens is 1. The minimum Gasteiger partial charge on any atom is -0.314 e. The van der Waals surface area contributed by atoms with E-state index in [1.165, 1.54) is 0 Å². The fourth-order valence-electron chi connectivity index (χ4n) is 5.76. The maximum absolute atomic E-state index is 14.2. The molecule has 3 aromatic rings. The van der Waals surface area contributed by atoms with Crippen LogP contribution in [0.5, 0.6) is 0 Å². The molecule has 1 atom stereocenters. The van der Waals surface area contributed by atoms with Gasteiger partial charge in [0.15, 0.2) is 5.78 Å². The first-order valence-electron chi connectivity index (χ1n) is 11.4. The fraction of sp³-hybridized carbons (Fsp3) is 0.179. The maximum atomic E-state index is 14.2. The molecule has 166 valence electrons. The van der Waals surface area contributed by atoms with Crippen LogP contribution in [0.3, 0.4) is 0 Å². The summed E-state index contributed by atoms with van der Waals surface area (Å²) in [5.41, 5.74) is 2.31. The van der Waals surface area contributed by atoms with Crippen LogP contribution in [0.15, 0.2) is 96.0 Å². The van der Waals surface area contributed by atoms with Crippen LogP contribution in [0.2, 0.25) is 0 Å². The largest absolute Gasteiger partial charge is 0.314 e. The van der Waals surface area contributed by atoms with E-state index in [1.54, 1.807) is 11.9 Å². The third kappa shape index (κ3) is 2.44. The summed E-state index contributed by atoms with van der Waals surface area (Å²) in [5.74, 6) is 0.260. The number of carbonyl (C=O) groups is 2. The van der Waals surface area contributed by atoms with Gasteiger partial charge in [-0.3, -0.25) is 14.5 Å². The van der Waals surface area contributed by atoms with E-state index in [4.69, 9.17) is 0 Å². The quantitative estimate of drug-likeness (QED) is 0.576. The lowest BCUT2D eigenvalue weighted by molar-refractivity contribution is -0.123. The molecule has 6 nitrogen and oxygen atoms in total. The van der Waals surface area contributed by atoms with Crippen molar-refractivity contribution < 1.29 is 9.59 Å². The number of carbonyl (C=O) groups excluding carboxylic acids is 2. The predicted octanol–water partition coefficient (Wildman–Crippen LogP) is 4.62. The lowest BCUT2D eigenvalue weighted by Crippen LogP contribution is -2.51. The van der Waals surface area contributed by atoms with Gasteiger partial charge in [0, 0.05) is 54.1 Å². The Balaban J connectivity index is 1.80. The summed E-state index contributed by atoms with van der Waals surface area (Å²) < 4.78 is 1.88. The first kappa shape index (κ1) is 20.3. The van der Waals surface area contributed by atoms with Gasteiger partial charge >= 0.3 is 0 Å². The lowest BCUT2D eigenvalue weighted by atomic mass is 9.63. The summed E-state index contributed by atoms with van der Waals surface area (Å²) in [7, 11) is 1.72. The number of ketones is 1. The molecule has 0 unspecified atom stereocenters. The van der Waals surface area contributed by atoms with Crippen molar-refractivity contribution in [3.8, 4) is 6.07 Å². The molecule has 0 radical (unpaired) electrons. The van der Waals surface area contributed by atoms with Gasteiger partial charge in [-0.1, -0.05) is 36.4 Å². The zero-order valence-corrected chi connectivity index (χ0v) is 18.7. The first-order chi connectivity index (χ1) is 16.6. The van der Waals surface area contributed by atoms with Gasteiger partial charge in [-0.15, -0.1) is 0 Å². The van der Waals surface area contributed by atoms with Crippen molar-refractivity contribution in [3.63, 3.8) is 0 Å². The third-order valence-corrected chi connectivity index (χ3v) is 7.11. The molecular weight excluding hydrogens is 424 g/mol. The Morgan fingerprint density at radius 2 is 1.62 bits per heavy atom. The number of hydrogen-bond acceptors (Lipinski definition) is 4. The van der Waals surface area contributed by atoms with Crippen LogP contribution in [0.1, 0.15) is 24.8 Å². The van der Waals surface area contributed by atoms with E-state index < -0.39 is 5.41 Å². The molecule has 1 aromatic heterocycles. The van der Waals surface area contributed by atoms with Crippen molar-refractivity contribution in [2.75, 3.05) is 16.8 Å². The molecule has 3 aliphatic rings. The number of para-hydroxylation sites is 2. The van der Waals surface area contributed by atoms with Gasteiger partial charge in [0.2, 0.25) is 5.91 Å². The van der Waals surface area contributed by atoms with Crippen LogP contribution in [-0.4, -0.2) is 23.3 Å². The molecule has 1 spiro atoms. The Kier molecular flexibility index (Phi) is 4.36. The fourth-order valence-corrected chi connectivity index (χ4v) is 5.76. The Bertz CT molecular complexity index is 1440. The summed E-state index contributed by atoms with van der Waals surface area (Å²) in [4.78, 5) is 31.5. The molecule has 1 aliphatic carbocycles. The Morgan fingerprint density at radius 3 is 2.35 bits per heavy atom. The Morgan fingerprint density at radius 1 is 0.912 bits per heavy atom.